The van der Waals surface area contributed by atoms with Crippen LogP contribution in [0.5, 0.6) is 0 Å². The van der Waals surface area contributed by atoms with Gasteiger partial charge in [0.25, 0.3) is 11.5 Å². The van der Waals surface area contributed by atoms with Crippen LogP contribution < -0.4 is 10.9 Å². The van der Waals surface area contributed by atoms with E-state index in [0.29, 0.717) is 9.97 Å². The molecule has 0 aliphatic carbocycles. The molecule has 0 atom stereocenters. The number of methoxy groups -OCH3 is 1. The molecule has 0 saturated carbocycles. The second-order valence-corrected chi connectivity index (χ2v) is 5.60. The number of amides is 1. The van der Waals surface area contributed by atoms with Crippen molar-refractivity contribution in [1.82, 2.24) is 14.6 Å². The van der Waals surface area contributed by atoms with Crippen molar-refractivity contribution < 1.29 is 13.9 Å². The van der Waals surface area contributed by atoms with E-state index in [2.05, 4.69) is 15.4 Å². The third-order valence-corrected chi connectivity index (χ3v) is 3.85. The standard InChI is InChI=1S/C14H11FN4O3S/c1-22-7-11-18-19-13(21)10(6-16-14(19)23-11)17-12(20)8-2-4-9(15)5-3-8/h2-6H,7H2,1H3,(H,17,20). The Bertz CT molecular complexity index is 920. The minimum atomic E-state index is -0.531. The first kappa shape index (κ1) is 15.3. The number of fused-ring (bicyclic) bond motifs is 1. The van der Waals surface area contributed by atoms with Gasteiger partial charge in [-0.1, -0.05) is 11.3 Å². The number of benzene rings is 1. The third-order valence-electron chi connectivity index (χ3n) is 2.95. The maximum absolute atomic E-state index is 12.9. The predicted octanol–water partition coefficient (Wildman–Crippen LogP) is 1.69. The van der Waals surface area contributed by atoms with E-state index in [0.717, 1.165) is 4.52 Å². The van der Waals surface area contributed by atoms with Crippen LogP contribution in [0.3, 0.4) is 0 Å². The highest BCUT2D eigenvalue weighted by molar-refractivity contribution is 7.16. The van der Waals surface area contributed by atoms with Gasteiger partial charge in [-0.2, -0.15) is 9.61 Å². The molecule has 2 heterocycles. The molecular weight excluding hydrogens is 323 g/mol. The van der Waals surface area contributed by atoms with Crippen molar-refractivity contribution in [3.8, 4) is 0 Å². The maximum Gasteiger partial charge on any atom is 0.298 e. The van der Waals surface area contributed by atoms with Gasteiger partial charge in [0, 0.05) is 12.7 Å². The molecule has 118 valence electrons. The molecule has 3 rings (SSSR count). The van der Waals surface area contributed by atoms with Crippen molar-refractivity contribution in [1.29, 1.82) is 0 Å². The number of hydrogen-bond donors (Lipinski definition) is 1. The molecule has 9 heteroatoms. The van der Waals surface area contributed by atoms with Crippen molar-refractivity contribution >= 4 is 27.9 Å². The number of carbonyl (C=O) groups excluding carboxylic acids is 1. The lowest BCUT2D eigenvalue weighted by molar-refractivity contribution is 0.102. The second kappa shape index (κ2) is 6.23. The predicted molar refractivity (Wildman–Crippen MR) is 82.2 cm³/mol. The first-order chi connectivity index (χ1) is 11.1. The van der Waals surface area contributed by atoms with E-state index in [1.165, 1.54) is 48.9 Å². The van der Waals surface area contributed by atoms with Gasteiger partial charge in [-0.25, -0.2) is 9.37 Å². The smallest absolute Gasteiger partial charge is 0.298 e. The maximum atomic E-state index is 12.9. The molecule has 0 bridgehead atoms. The Balaban J connectivity index is 1.90. The van der Waals surface area contributed by atoms with Gasteiger partial charge < -0.3 is 10.1 Å². The SMILES string of the molecule is COCc1nn2c(=O)c(NC(=O)c3ccc(F)cc3)cnc2s1. The molecule has 1 amide bonds. The van der Waals surface area contributed by atoms with E-state index in [1.807, 2.05) is 0 Å². The topological polar surface area (TPSA) is 85.6 Å². The molecule has 0 unspecified atom stereocenters. The van der Waals surface area contributed by atoms with Gasteiger partial charge >= 0.3 is 0 Å². The summed E-state index contributed by atoms with van der Waals surface area (Å²) in [6.45, 7) is 0.269. The summed E-state index contributed by atoms with van der Waals surface area (Å²) in [7, 11) is 1.52. The highest BCUT2D eigenvalue weighted by Gasteiger charge is 2.13. The monoisotopic (exact) mass is 334 g/mol. The summed E-state index contributed by atoms with van der Waals surface area (Å²) in [5.41, 5.74) is -0.274. The number of carbonyl (C=O) groups is 1. The number of hydrogen-bond acceptors (Lipinski definition) is 6. The highest BCUT2D eigenvalue weighted by Crippen LogP contribution is 2.13. The average molecular weight is 334 g/mol. The minimum Gasteiger partial charge on any atom is -0.377 e. The second-order valence-electron chi connectivity index (χ2n) is 4.56. The molecule has 0 saturated heterocycles. The number of ether oxygens (including phenoxy) is 1. The Morgan fingerprint density at radius 2 is 2.13 bits per heavy atom. The van der Waals surface area contributed by atoms with E-state index in [-0.39, 0.29) is 17.9 Å². The van der Waals surface area contributed by atoms with E-state index in [9.17, 15) is 14.0 Å². The molecule has 7 nitrogen and oxygen atoms in total. The number of nitrogens with zero attached hydrogens (tertiary/aromatic N) is 3. The Kier molecular flexibility index (Phi) is 4.13. The van der Waals surface area contributed by atoms with Gasteiger partial charge in [-0.05, 0) is 24.3 Å². The number of aromatic nitrogens is 3. The minimum absolute atomic E-state index is 0.00825. The van der Waals surface area contributed by atoms with Crippen molar-refractivity contribution in [3.63, 3.8) is 0 Å². The quantitative estimate of drug-likeness (QED) is 0.785. The van der Waals surface area contributed by atoms with Crippen LogP contribution in [-0.4, -0.2) is 27.6 Å². The largest absolute Gasteiger partial charge is 0.377 e. The highest BCUT2D eigenvalue weighted by atomic mass is 32.1. The molecule has 0 radical (unpaired) electrons. The van der Waals surface area contributed by atoms with Crippen LogP contribution in [0.4, 0.5) is 10.1 Å². The zero-order chi connectivity index (χ0) is 16.4. The molecule has 23 heavy (non-hydrogen) atoms. The first-order valence-electron chi connectivity index (χ1n) is 6.52. The fourth-order valence-electron chi connectivity index (χ4n) is 1.89. The number of rotatable bonds is 4. The lowest BCUT2D eigenvalue weighted by atomic mass is 10.2. The molecule has 1 aromatic carbocycles. The normalized spacial score (nSPS) is 10.9. The van der Waals surface area contributed by atoms with E-state index >= 15 is 0 Å². The van der Waals surface area contributed by atoms with E-state index in [1.54, 1.807) is 0 Å². The van der Waals surface area contributed by atoms with Crippen LogP contribution in [0.2, 0.25) is 0 Å². The summed E-state index contributed by atoms with van der Waals surface area (Å²) in [4.78, 5) is 28.9. The number of halogens is 1. The Labute approximate surface area is 133 Å². The summed E-state index contributed by atoms with van der Waals surface area (Å²) in [5, 5.41) is 7.14. The van der Waals surface area contributed by atoms with Crippen LogP contribution in [0.1, 0.15) is 15.4 Å². The average Bonchev–Trinajstić information content (AvgIpc) is 2.95. The summed E-state index contributed by atoms with van der Waals surface area (Å²) in [5.74, 6) is -0.978. The molecule has 0 aliphatic rings. The zero-order valence-corrected chi connectivity index (χ0v) is 12.8. The molecule has 3 aromatic rings. The lowest BCUT2D eigenvalue weighted by Gasteiger charge is -2.04. The van der Waals surface area contributed by atoms with Crippen LogP contribution in [0.15, 0.2) is 35.3 Å². The number of anilines is 1. The van der Waals surface area contributed by atoms with Gasteiger partial charge in [0.1, 0.15) is 16.5 Å². The molecule has 1 N–H and O–H groups in total. The zero-order valence-electron chi connectivity index (χ0n) is 11.9. The van der Waals surface area contributed by atoms with Crippen molar-refractivity contribution in [2.45, 2.75) is 6.61 Å². The Hall–Kier alpha value is -2.65. The van der Waals surface area contributed by atoms with Crippen molar-refractivity contribution in [2.75, 3.05) is 12.4 Å². The first-order valence-corrected chi connectivity index (χ1v) is 7.34. The molecule has 0 fully saturated rings. The molecule has 2 aromatic heterocycles. The van der Waals surface area contributed by atoms with Crippen LogP contribution in [-0.2, 0) is 11.3 Å². The van der Waals surface area contributed by atoms with Crippen LogP contribution in [0.25, 0.3) is 4.96 Å². The van der Waals surface area contributed by atoms with E-state index < -0.39 is 17.3 Å². The van der Waals surface area contributed by atoms with Gasteiger partial charge in [0.05, 0.1) is 12.8 Å². The molecule has 0 spiro atoms. The third kappa shape index (κ3) is 3.10. The summed E-state index contributed by atoms with van der Waals surface area (Å²) in [6.07, 6.45) is 1.27. The summed E-state index contributed by atoms with van der Waals surface area (Å²) in [6, 6.07) is 4.99. The fraction of sp³-hybridized carbons (Fsp3) is 0.143. The Morgan fingerprint density at radius 1 is 1.39 bits per heavy atom. The number of nitrogens with one attached hydrogen (secondary N) is 1. The van der Waals surface area contributed by atoms with Gasteiger partial charge in [-0.15, -0.1) is 0 Å². The molecular formula is C14H11FN4O3S. The lowest BCUT2D eigenvalue weighted by Crippen LogP contribution is -2.23. The van der Waals surface area contributed by atoms with Gasteiger partial charge in [0.15, 0.2) is 0 Å². The summed E-state index contributed by atoms with van der Waals surface area (Å²) >= 11 is 1.22. The van der Waals surface area contributed by atoms with E-state index in [4.69, 9.17) is 4.74 Å². The van der Waals surface area contributed by atoms with Crippen molar-refractivity contribution in [3.05, 3.63) is 57.2 Å². The fourth-order valence-corrected chi connectivity index (χ4v) is 2.71. The van der Waals surface area contributed by atoms with Gasteiger partial charge in [-0.3, -0.25) is 9.59 Å². The van der Waals surface area contributed by atoms with Crippen LogP contribution in [0, 0.1) is 5.82 Å². The Morgan fingerprint density at radius 3 is 2.83 bits per heavy atom. The van der Waals surface area contributed by atoms with Crippen molar-refractivity contribution in [2.24, 2.45) is 0 Å². The molecule has 0 aliphatic heterocycles. The van der Waals surface area contributed by atoms with Crippen LogP contribution >= 0.6 is 11.3 Å². The summed E-state index contributed by atoms with van der Waals surface area (Å²) < 4.78 is 18.9. The van der Waals surface area contributed by atoms with Gasteiger partial charge in [0.2, 0.25) is 4.96 Å².